The molecule has 1 aromatic heterocycles. The summed E-state index contributed by atoms with van der Waals surface area (Å²) >= 11 is 1.14. The summed E-state index contributed by atoms with van der Waals surface area (Å²) in [6.07, 6.45) is 0.304. The van der Waals surface area contributed by atoms with E-state index in [1.807, 2.05) is 20.8 Å². The number of anilines is 1. The number of rotatable bonds is 4. The highest BCUT2D eigenvalue weighted by Gasteiger charge is 2.28. The Kier molecular flexibility index (Phi) is 7.59. The molecule has 1 fully saturated rings. The van der Waals surface area contributed by atoms with E-state index in [-0.39, 0.29) is 29.8 Å². The van der Waals surface area contributed by atoms with Gasteiger partial charge in [-0.25, -0.2) is 9.78 Å². The molecule has 0 bridgehead atoms. The summed E-state index contributed by atoms with van der Waals surface area (Å²) in [5, 5.41) is 6.41. The molecule has 7 nitrogen and oxygen atoms in total. The molecule has 24 heavy (non-hydrogen) atoms. The van der Waals surface area contributed by atoms with Gasteiger partial charge >= 0.3 is 5.97 Å². The van der Waals surface area contributed by atoms with Crippen LogP contribution in [0.2, 0.25) is 0 Å². The Balaban J connectivity index is 0.00000288. The van der Waals surface area contributed by atoms with E-state index in [4.69, 9.17) is 9.47 Å². The summed E-state index contributed by atoms with van der Waals surface area (Å²) in [5.74, 6) is -0.589. The summed E-state index contributed by atoms with van der Waals surface area (Å²) < 4.78 is 10.1. The average Bonchev–Trinajstić information content (AvgIpc) is 2.91. The summed E-state index contributed by atoms with van der Waals surface area (Å²) in [6.45, 7) is 7.82. The van der Waals surface area contributed by atoms with Gasteiger partial charge in [-0.15, -0.1) is 12.4 Å². The lowest BCUT2D eigenvalue weighted by Gasteiger charge is -2.22. The number of morpholine rings is 1. The van der Waals surface area contributed by atoms with Crippen molar-refractivity contribution in [2.45, 2.75) is 38.6 Å². The fourth-order valence-electron chi connectivity index (χ4n) is 2.26. The van der Waals surface area contributed by atoms with E-state index in [1.54, 1.807) is 0 Å². The Bertz CT molecular complexity index is 580. The molecule has 0 spiro atoms. The van der Waals surface area contributed by atoms with Crippen molar-refractivity contribution in [1.82, 2.24) is 10.3 Å². The van der Waals surface area contributed by atoms with Crippen LogP contribution in [0.1, 0.15) is 42.6 Å². The molecule has 0 radical (unpaired) electrons. The molecular formula is C15H24ClN3O4S. The fourth-order valence-corrected chi connectivity index (χ4v) is 3.37. The van der Waals surface area contributed by atoms with Crippen molar-refractivity contribution in [3.8, 4) is 0 Å². The van der Waals surface area contributed by atoms with Gasteiger partial charge in [-0.3, -0.25) is 4.79 Å². The van der Waals surface area contributed by atoms with Crippen molar-refractivity contribution in [2.24, 2.45) is 0 Å². The van der Waals surface area contributed by atoms with Gasteiger partial charge in [-0.1, -0.05) is 32.1 Å². The molecular weight excluding hydrogens is 354 g/mol. The van der Waals surface area contributed by atoms with E-state index in [0.29, 0.717) is 35.3 Å². The monoisotopic (exact) mass is 377 g/mol. The zero-order valence-corrected chi connectivity index (χ0v) is 15.9. The third kappa shape index (κ3) is 5.41. The minimum absolute atomic E-state index is 0. The molecule has 1 saturated heterocycles. The number of halogens is 1. The molecule has 2 heterocycles. The number of carbonyl (C=O) groups is 2. The number of ether oxygens (including phenoxy) is 2. The number of thiazole rings is 1. The number of amides is 1. The van der Waals surface area contributed by atoms with Crippen LogP contribution in [0.4, 0.5) is 5.13 Å². The first-order valence-corrected chi connectivity index (χ1v) is 8.33. The van der Waals surface area contributed by atoms with Crippen molar-refractivity contribution < 1.29 is 19.1 Å². The Hall–Kier alpha value is -1.22. The topological polar surface area (TPSA) is 89.5 Å². The molecule has 1 unspecified atom stereocenters. The van der Waals surface area contributed by atoms with Gasteiger partial charge in [0.15, 0.2) is 5.13 Å². The van der Waals surface area contributed by atoms with E-state index in [9.17, 15) is 9.59 Å². The van der Waals surface area contributed by atoms with Crippen LogP contribution in [-0.4, -0.2) is 49.8 Å². The van der Waals surface area contributed by atoms with Gasteiger partial charge in [0.1, 0.15) is 4.88 Å². The molecule has 0 saturated carbocycles. The van der Waals surface area contributed by atoms with Crippen molar-refractivity contribution in [3.63, 3.8) is 0 Å². The largest absolute Gasteiger partial charge is 0.465 e. The highest BCUT2D eigenvalue weighted by Crippen LogP contribution is 2.32. The SMILES string of the molecule is COC(=O)c1sc(NC(=O)CC2COCCN2)nc1C(C)(C)C.Cl. The van der Waals surface area contributed by atoms with Crippen LogP contribution in [0, 0.1) is 0 Å². The minimum Gasteiger partial charge on any atom is -0.465 e. The predicted octanol–water partition coefficient (Wildman–Crippen LogP) is 1.97. The number of aromatic nitrogens is 1. The molecule has 9 heteroatoms. The Morgan fingerprint density at radius 2 is 2.17 bits per heavy atom. The molecule has 1 aliphatic rings. The van der Waals surface area contributed by atoms with Gasteiger partial charge in [0.25, 0.3) is 0 Å². The van der Waals surface area contributed by atoms with E-state index in [1.165, 1.54) is 7.11 Å². The molecule has 2 N–H and O–H groups in total. The molecule has 1 amide bonds. The van der Waals surface area contributed by atoms with E-state index in [2.05, 4.69) is 15.6 Å². The van der Waals surface area contributed by atoms with Crippen molar-refractivity contribution in [3.05, 3.63) is 10.6 Å². The van der Waals surface area contributed by atoms with Crippen LogP contribution >= 0.6 is 23.7 Å². The lowest BCUT2D eigenvalue weighted by molar-refractivity contribution is -0.117. The first kappa shape index (κ1) is 20.8. The summed E-state index contributed by atoms with van der Waals surface area (Å²) in [7, 11) is 1.33. The first-order chi connectivity index (χ1) is 10.8. The number of nitrogens with zero attached hydrogens (tertiary/aromatic N) is 1. The molecule has 1 aliphatic heterocycles. The third-order valence-corrected chi connectivity index (χ3v) is 4.34. The second-order valence-electron chi connectivity index (χ2n) is 6.42. The zero-order valence-electron chi connectivity index (χ0n) is 14.3. The number of hydrogen-bond acceptors (Lipinski definition) is 7. The van der Waals surface area contributed by atoms with E-state index < -0.39 is 5.97 Å². The molecule has 1 aromatic rings. The Morgan fingerprint density at radius 3 is 2.71 bits per heavy atom. The van der Waals surface area contributed by atoms with Crippen LogP contribution in [0.5, 0.6) is 0 Å². The normalized spacial score (nSPS) is 17.8. The van der Waals surface area contributed by atoms with Crippen LogP contribution < -0.4 is 10.6 Å². The third-order valence-electron chi connectivity index (χ3n) is 3.38. The van der Waals surface area contributed by atoms with Crippen LogP contribution in [0.25, 0.3) is 0 Å². The maximum atomic E-state index is 12.1. The first-order valence-electron chi connectivity index (χ1n) is 7.52. The number of hydrogen-bond donors (Lipinski definition) is 2. The Morgan fingerprint density at radius 1 is 1.46 bits per heavy atom. The lowest BCUT2D eigenvalue weighted by atomic mass is 9.91. The number of nitrogens with one attached hydrogen (secondary N) is 2. The summed E-state index contributed by atoms with van der Waals surface area (Å²) in [4.78, 5) is 28.9. The fraction of sp³-hybridized carbons (Fsp3) is 0.667. The Labute approximate surface area is 151 Å². The van der Waals surface area contributed by atoms with E-state index >= 15 is 0 Å². The number of esters is 1. The highest BCUT2D eigenvalue weighted by molar-refractivity contribution is 7.17. The highest BCUT2D eigenvalue weighted by atomic mass is 35.5. The average molecular weight is 378 g/mol. The van der Waals surface area contributed by atoms with Gasteiger partial charge in [0, 0.05) is 24.4 Å². The summed E-state index contributed by atoms with van der Waals surface area (Å²) in [6, 6.07) is 0.00544. The number of methoxy groups -OCH3 is 1. The minimum atomic E-state index is -0.435. The van der Waals surface area contributed by atoms with Crippen molar-refractivity contribution >= 4 is 40.8 Å². The second-order valence-corrected chi connectivity index (χ2v) is 7.42. The standard InChI is InChI=1S/C15H23N3O4S.ClH/c1-15(2,3)12-11(13(20)21-4)23-14(18-12)17-10(19)7-9-8-22-6-5-16-9;/h9,16H,5-8H2,1-4H3,(H,17,18,19);1H. The molecule has 1 atom stereocenters. The van der Waals surface area contributed by atoms with E-state index in [0.717, 1.165) is 17.9 Å². The zero-order chi connectivity index (χ0) is 17.0. The molecule has 0 aliphatic carbocycles. The van der Waals surface area contributed by atoms with Gasteiger partial charge in [0.05, 0.1) is 26.0 Å². The predicted molar refractivity (Wildman–Crippen MR) is 95.3 cm³/mol. The van der Waals surface area contributed by atoms with Gasteiger partial charge in [-0.05, 0) is 0 Å². The maximum Gasteiger partial charge on any atom is 0.350 e. The molecule has 2 rings (SSSR count). The van der Waals surface area contributed by atoms with Gasteiger partial charge in [0.2, 0.25) is 5.91 Å². The quantitative estimate of drug-likeness (QED) is 0.780. The van der Waals surface area contributed by atoms with Crippen LogP contribution in [0.15, 0.2) is 0 Å². The van der Waals surface area contributed by atoms with Crippen LogP contribution in [-0.2, 0) is 19.7 Å². The summed E-state index contributed by atoms with van der Waals surface area (Å²) in [5.41, 5.74) is 0.311. The maximum absolute atomic E-state index is 12.1. The van der Waals surface area contributed by atoms with Crippen molar-refractivity contribution in [2.75, 3.05) is 32.2 Å². The molecule has 136 valence electrons. The van der Waals surface area contributed by atoms with Crippen LogP contribution in [0.3, 0.4) is 0 Å². The lowest BCUT2D eigenvalue weighted by Crippen LogP contribution is -2.43. The number of carbonyl (C=O) groups excluding carboxylic acids is 2. The molecule has 0 aromatic carbocycles. The van der Waals surface area contributed by atoms with Gasteiger partial charge < -0.3 is 20.1 Å². The van der Waals surface area contributed by atoms with Gasteiger partial charge in [-0.2, -0.15) is 0 Å². The second kappa shape index (κ2) is 8.75. The smallest absolute Gasteiger partial charge is 0.350 e. The van der Waals surface area contributed by atoms with Crippen molar-refractivity contribution in [1.29, 1.82) is 0 Å².